The van der Waals surface area contributed by atoms with Crippen molar-refractivity contribution in [2.45, 2.75) is 38.8 Å². The Labute approximate surface area is 132 Å². The van der Waals surface area contributed by atoms with Gasteiger partial charge in [0.2, 0.25) is 5.91 Å². The highest BCUT2D eigenvalue weighted by atomic mass is 32.2. The summed E-state index contributed by atoms with van der Waals surface area (Å²) in [5.74, 6) is 2.47. The van der Waals surface area contributed by atoms with Crippen LogP contribution in [0.15, 0.2) is 30.3 Å². The van der Waals surface area contributed by atoms with Crippen molar-refractivity contribution in [1.29, 1.82) is 0 Å². The molecule has 1 atom stereocenters. The van der Waals surface area contributed by atoms with Crippen LogP contribution in [0.3, 0.4) is 0 Å². The number of carbonyl (C=O) groups is 1. The fourth-order valence-electron chi connectivity index (χ4n) is 2.87. The molecule has 4 heteroatoms. The Hall–Kier alpha value is -1.00. The molecule has 1 amide bonds. The van der Waals surface area contributed by atoms with E-state index in [-0.39, 0.29) is 11.9 Å². The summed E-state index contributed by atoms with van der Waals surface area (Å²) in [6.45, 7) is 5.99. The van der Waals surface area contributed by atoms with Crippen LogP contribution in [0.25, 0.3) is 0 Å². The Balaban J connectivity index is 2.12. The Morgan fingerprint density at radius 2 is 1.86 bits per heavy atom. The molecule has 116 valence electrons. The van der Waals surface area contributed by atoms with Gasteiger partial charge in [-0.2, -0.15) is 11.8 Å². The average molecular weight is 306 g/mol. The Morgan fingerprint density at radius 1 is 1.24 bits per heavy atom. The van der Waals surface area contributed by atoms with Crippen molar-refractivity contribution < 1.29 is 4.79 Å². The first kappa shape index (κ1) is 16.4. The fourth-order valence-corrected chi connectivity index (χ4v) is 3.98. The molecule has 21 heavy (non-hydrogen) atoms. The van der Waals surface area contributed by atoms with Gasteiger partial charge in [-0.1, -0.05) is 44.2 Å². The molecule has 1 heterocycles. The first-order chi connectivity index (χ1) is 10.3. The van der Waals surface area contributed by atoms with Crippen LogP contribution in [-0.2, 0) is 4.79 Å². The lowest BCUT2D eigenvalue weighted by molar-refractivity contribution is -0.127. The van der Waals surface area contributed by atoms with Crippen LogP contribution in [0.4, 0.5) is 0 Å². The maximum atomic E-state index is 12.8. The Bertz CT molecular complexity index is 428. The van der Waals surface area contributed by atoms with E-state index in [0.29, 0.717) is 6.04 Å². The number of nitrogens with one attached hydrogen (secondary N) is 1. The zero-order valence-electron chi connectivity index (χ0n) is 13.0. The van der Waals surface area contributed by atoms with E-state index in [1.807, 2.05) is 30.0 Å². The minimum absolute atomic E-state index is 0.154. The van der Waals surface area contributed by atoms with E-state index < -0.39 is 0 Å². The van der Waals surface area contributed by atoms with E-state index in [4.69, 9.17) is 0 Å². The van der Waals surface area contributed by atoms with E-state index in [1.54, 1.807) is 0 Å². The molecule has 0 bridgehead atoms. The molecular formula is C17H26N2OS. The lowest BCUT2D eigenvalue weighted by Crippen LogP contribution is -2.45. The second-order valence-corrected chi connectivity index (χ2v) is 6.65. The third-order valence-corrected chi connectivity index (χ3v) is 5.16. The van der Waals surface area contributed by atoms with Gasteiger partial charge in [0, 0.05) is 6.04 Å². The van der Waals surface area contributed by atoms with Gasteiger partial charge in [0.15, 0.2) is 0 Å². The molecule has 1 fully saturated rings. The van der Waals surface area contributed by atoms with Crippen molar-refractivity contribution in [3.8, 4) is 0 Å². The van der Waals surface area contributed by atoms with Gasteiger partial charge >= 0.3 is 0 Å². The smallest absolute Gasteiger partial charge is 0.242 e. The zero-order chi connectivity index (χ0) is 15.1. The third-order valence-electron chi connectivity index (χ3n) is 4.11. The van der Waals surface area contributed by atoms with E-state index in [2.05, 4.69) is 36.2 Å². The molecule has 1 aromatic rings. The van der Waals surface area contributed by atoms with Crippen LogP contribution in [0.2, 0.25) is 0 Å². The number of hydrogen-bond donors (Lipinski definition) is 1. The highest BCUT2D eigenvalue weighted by Gasteiger charge is 2.27. The highest BCUT2D eigenvalue weighted by Crippen LogP contribution is 2.23. The fraction of sp³-hybridized carbons (Fsp3) is 0.588. The molecule has 1 aliphatic rings. The van der Waals surface area contributed by atoms with Gasteiger partial charge in [-0.05, 0) is 43.0 Å². The minimum Gasteiger partial charge on any atom is -0.352 e. The third kappa shape index (κ3) is 4.48. The van der Waals surface area contributed by atoms with Crippen molar-refractivity contribution in [2.75, 3.05) is 24.6 Å². The average Bonchev–Trinajstić information content (AvgIpc) is 2.54. The Morgan fingerprint density at radius 3 is 2.43 bits per heavy atom. The molecule has 0 saturated carbocycles. The molecule has 2 rings (SSSR count). The monoisotopic (exact) mass is 306 g/mol. The number of hydrogen-bond acceptors (Lipinski definition) is 3. The second-order valence-electron chi connectivity index (χ2n) is 5.43. The summed E-state index contributed by atoms with van der Waals surface area (Å²) in [5, 5.41) is 3.27. The zero-order valence-corrected chi connectivity index (χ0v) is 13.9. The van der Waals surface area contributed by atoms with Crippen LogP contribution in [-0.4, -0.2) is 41.4 Å². The molecule has 0 aromatic heterocycles. The second kappa shape index (κ2) is 8.44. The predicted octanol–water partition coefficient (Wildman–Crippen LogP) is 3.08. The van der Waals surface area contributed by atoms with E-state index in [9.17, 15) is 4.79 Å². The largest absolute Gasteiger partial charge is 0.352 e. The maximum absolute atomic E-state index is 12.8. The van der Waals surface area contributed by atoms with Crippen molar-refractivity contribution in [2.24, 2.45) is 0 Å². The van der Waals surface area contributed by atoms with Gasteiger partial charge in [0.1, 0.15) is 6.04 Å². The van der Waals surface area contributed by atoms with Crippen molar-refractivity contribution in [3.05, 3.63) is 35.9 Å². The standard InChI is InChI=1S/C17H26N2OS/c1-3-19(4-2)16(14-8-6-5-7-9-14)17(20)18-15-10-12-21-13-11-15/h5-9,15-16H,3-4,10-13H2,1-2H3,(H,18,20)/t16-/m1/s1. The lowest BCUT2D eigenvalue weighted by atomic mass is 10.0. The number of nitrogens with zero attached hydrogens (tertiary/aromatic N) is 1. The predicted molar refractivity (Wildman–Crippen MR) is 90.6 cm³/mol. The topological polar surface area (TPSA) is 32.3 Å². The van der Waals surface area contributed by atoms with Gasteiger partial charge < -0.3 is 5.32 Å². The SMILES string of the molecule is CCN(CC)[C@@H](C(=O)NC1CCSCC1)c1ccccc1. The van der Waals surface area contributed by atoms with Gasteiger partial charge in [-0.3, -0.25) is 9.69 Å². The number of likely N-dealkylation sites (N-methyl/N-ethyl adjacent to an activating group) is 1. The van der Waals surface area contributed by atoms with Crippen molar-refractivity contribution in [3.63, 3.8) is 0 Å². The lowest BCUT2D eigenvalue weighted by Gasteiger charge is -2.31. The molecule has 0 aliphatic carbocycles. The van der Waals surface area contributed by atoms with Crippen LogP contribution in [0, 0.1) is 0 Å². The molecule has 1 N–H and O–H groups in total. The van der Waals surface area contributed by atoms with Crippen molar-refractivity contribution >= 4 is 17.7 Å². The summed E-state index contributed by atoms with van der Waals surface area (Å²) in [6.07, 6.45) is 2.19. The normalized spacial score (nSPS) is 17.7. The Kier molecular flexibility index (Phi) is 6.58. The van der Waals surface area contributed by atoms with E-state index >= 15 is 0 Å². The molecule has 1 aromatic carbocycles. The summed E-state index contributed by atoms with van der Waals surface area (Å²) in [6, 6.07) is 10.3. The summed E-state index contributed by atoms with van der Waals surface area (Å²) < 4.78 is 0. The number of rotatable bonds is 6. The van der Waals surface area contributed by atoms with Gasteiger partial charge in [0.25, 0.3) is 0 Å². The van der Waals surface area contributed by atoms with Crippen LogP contribution >= 0.6 is 11.8 Å². The summed E-state index contributed by atoms with van der Waals surface area (Å²) in [5.41, 5.74) is 1.09. The van der Waals surface area contributed by atoms with E-state index in [0.717, 1.165) is 43.0 Å². The maximum Gasteiger partial charge on any atom is 0.242 e. The summed E-state index contributed by atoms with van der Waals surface area (Å²) in [7, 11) is 0. The molecular weight excluding hydrogens is 280 g/mol. The van der Waals surface area contributed by atoms with Crippen LogP contribution < -0.4 is 5.32 Å². The number of amides is 1. The van der Waals surface area contributed by atoms with Crippen LogP contribution in [0.5, 0.6) is 0 Å². The van der Waals surface area contributed by atoms with E-state index in [1.165, 1.54) is 0 Å². The molecule has 0 unspecified atom stereocenters. The van der Waals surface area contributed by atoms with Crippen molar-refractivity contribution in [1.82, 2.24) is 10.2 Å². The molecule has 1 aliphatic heterocycles. The number of thioether (sulfide) groups is 1. The first-order valence-corrected chi connectivity index (χ1v) is 9.08. The molecule has 1 saturated heterocycles. The molecule has 0 spiro atoms. The highest BCUT2D eigenvalue weighted by molar-refractivity contribution is 7.99. The molecule has 0 radical (unpaired) electrons. The van der Waals surface area contributed by atoms with Gasteiger partial charge in [-0.15, -0.1) is 0 Å². The van der Waals surface area contributed by atoms with Crippen LogP contribution in [0.1, 0.15) is 38.3 Å². The quantitative estimate of drug-likeness (QED) is 0.876. The summed E-state index contributed by atoms with van der Waals surface area (Å²) >= 11 is 1.98. The first-order valence-electron chi connectivity index (χ1n) is 7.93. The summed E-state index contributed by atoms with van der Waals surface area (Å²) in [4.78, 5) is 15.0. The number of carbonyl (C=O) groups excluding carboxylic acids is 1. The van der Waals surface area contributed by atoms with Gasteiger partial charge in [-0.25, -0.2) is 0 Å². The number of benzene rings is 1. The minimum atomic E-state index is -0.171. The van der Waals surface area contributed by atoms with Gasteiger partial charge in [0.05, 0.1) is 0 Å². The molecule has 3 nitrogen and oxygen atoms in total.